The molecule has 0 unspecified atom stereocenters. The highest BCUT2D eigenvalue weighted by Crippen LogP contribution is 2.04. The molecule has 0 aliphatic heterocycles. The van der Waals surface area contributed by atoms with Gasteiger partial charge in [-0.25, -0.2) is 0 Å². The molecule has 62 valence electrons. The number of nitrogens with zero attached hydrogens (tertiary/aromatic N) is 2. The summed E-state index contributed by atoms with van der Waals surface area (Å²) in [6.07, 6.45) is 2.16. The van der Waals surface area contributed by atoms with Gasteiger partial charge in [-0.15, -0.1) is 0 Å². The Balaban J connectivity index is 2.58. The first-order valence-electron chi connectivity index (χ1n) is 3.84. The average Bonchev–Trinajstić information content (AvgIpc) is 2.28. The zero-order chi connectivity index (χ0) is 8.27. The lowest BCUT2D eigenvalue weighted by Crippen LogP contribution is -1.94. The summed E-state index contributed by atoms with van der Waals surface area (Å²) in [5.41, 5.74) is 2.40. The molecule has 2 nitrogen and oxygen atoms in total. The summed E-state index contributed by atoms with van der Waals surface area (Å²) in [4.78, 5) is 0. The molecule has 0 atom stereocenters. The van der Waals surface area contributed by atoms with Crippen molar-refractivity contribution in [2.45, 2.75) is 19.8 Å². The van der Waals surface area contributed by atoms with Crippen LogP contribution in [0.25, 0.3) is 0 Å². The molecule has 1 aromatic rings. The van der Waals surface area contributed by atoms with Crippen LogP contribution in [0.2, 0.25) is 0 Å². The lowest BCUT2D eigenvalue weighted by atomic mass is 10.2. The summed E-state index contributed by atoms with van der Waals surface area (Å²) in [6.45, 7) is 2.07. The van der Waals surface area contributed by atoms with E-state index in [-0.39, 0.29) is 0 Å². The number of hydrogen-bond donors (Lipinski definition) is 1. The van der Waals surface area contributed by atoms with Crippen molar-refractivity contribution in [1.29, 1.82) is 0 Å². The monoisotopic (exact) mass is 170 g/mol. The van der Waals surface area contributed by atoms with E-state index in [2.05, 4.69) is 30.7 Å². The van der Waals surface area contributed by atoms with Gasteiger partial charge in [-0.1, -0.05) is 0 Å². The first kappa shape index (κ1) is 8.65. The first-order chi connectivity index (χ1) is 5.24. The average molecular weight is 170 g/mol. The Kier molecular flexibility index (Phi) is 3.00. The predicted octanol–water partition coefficient (Wildman–Crippen LogP) is 1.59. The predicted molar refractivity (Wildman–Crippen MR) is 50.1 cm³/mol. The summed E-state index contributed by atoms with van der Waals surface area (Å²) >= 11 is 4.15. The molecule has 0 saturated carbocycles. The maximum absolute atomic E-state index is 4.33. The molecule has 0 bridgehead atoms. The molecule has 1 aromatic heterocycles. The molecule has 0 saturated heterocycles. The lowest BCUT2D eigenvalue weighted by Gasteiger charge is -1.91. The van der Waals surface area contributed by atoms with Gasteiger partial charge >= 0.3 is 0 Å². The third kappa shape index (κ3) is 2.26. The van der Waals surface area contributed by atoms with Crippen LogP contribution in [0.15, 0.2) is 6.07 Å². The van der Waals surface area contributed by atoms with E-state index in [0.29, 0.717) is 0 Å². The van der Waals surface area contributed by atoms with Crippen molar-refractivity contribution in [3.05, 3.63) is 17.5 Å². The molecule has 3 heteroatoms. The highest BCUT2D eigenvalue weighted by atomic mass is 32.1. The zero-order valence-corrected chi connectivity index (χ0v) is 7.93. The summed E-state index contributed by atoms with van der Waals surface area (Å²) < 4.78 is 1.91. The largest absolute Gasteiger partial charge is 0.273 e. The Bertz CT molecular complexity index is 210. The Morgan fingerprint density at radius 1 is 1.64 bits per heavy atom. The fourth-order valence-electron chi connectivity index (χ4n) is 1.02. The van der Waals surface area contributed by atoms with E-state index in [1.54, 1.807) is 0 Å². The molecule has 0 aliphatic rings. The van der Waals surface area contributed by atoms with E-state index in [1.807, 2.05) is 11.7 Å². The molecule has 1 heterocycles. The van der Waals surface area contributed by atoms with Crippen molar-refractivity contribution < 1.29 is 0 Å². The lowest BCUT2D eigenvalue weighted by molar-refractivity contribution is 0.715. The van der Waals surface area contributed by atoms with Gasteiger partial charge in [0.25, 0.3) is 0 Å². The van der Waals surface area contributed by atoms with Gasteiger partial charge < -0.3 is 0 Å². The second-order valence-corrected chi connectivity index (χ2v) is 3.18. The Morgan fingerprint density at radius 2 is 2.36 bits per heavy atom. The highest BCUT2D eigenvalue weighted by Gasteiger charge is 1.98. The number of hydrogen-bond acceptors (Lipinski definition) is 2. The van der Waals surface area contributed by atoms with E-state index in [9.17, 15) is 0 Å². The smallest absolute Gasteiger partial charge is 0.0627 e. The SMILES string of the molecule is Cc1cc(CCCS)nn1C. The standard InChI is InChI=1S/C8H14N2S/c1-7-6-8(4-3-5-11)9-10(7)2/h6,11H,3-5H2,1-2H3. The number of rotatable bonds is 3. The minimum Gasteiger partial charge on any atom is -0.273 e. The topological polar surface area (TPSA) is 17.8 Å². The minimum atomic E-state index is 0.940. The van der Waals surface area contributed by atoms with Crippen LogP contribution < -0.4 is 0 Å². The number of thiol groups is 1. The third-order valence-corrected chi connectivity index (χ3v) is 2.07. The maximum atomic E-state index is 4.33. The minimum absolute atomic E-state index is 0.940. The molecule has 0 N–H and O–H groups in total. The van der Waals surface area contributed by atoms with Gasteiger partial charge in [0.15, 0.2) is 0 Å². The Hall–Kier alpha value is -0.440. The Morgan fingerprint density at radius 3 is 2.82 bits per heavy atom. The van der Waals surface area contributed by atoms with Crippen molar-refractivity contribution in [1.82, 2.24) is 9.78 Å². The molecule has 0 aromatic carbocycles. The molecule has 0 amide bonds. The molecule has 11 heavy (non-hydrogen) atoms. The van der Waals surface area contributed by atoms with Gasteiger partial charge in [0, 0.05) is 12.7 Å². The normalized spacial score (nSPS) is 10.5. The van der Waals surface area contributed by atoms with Gasteiger partial charge in [-0.3, -0.25) is 4.68 Å². The van der Waals surface area contributed by atoms with Crippen LogP contribution in [-0.2, 0) is 13.5 Å². The van der Waals surface area contributed by atoms with Crippen LogP contribution in [0.3, 0.4) is 0 Å². The van der Waals surface area contributed by atoms with Gasteiger partial charge in [0.2, 0.25) is 0 Å². The summed E-state index contributed by atoms with van der Waals surface area (Å²) in [7, 11) is 1.97. The van der Waals surface area contributed by atoms with Crippen LogP contribution in [0.1, 0.15) is 17.8 Å². The molecule has 0 radical (unpaired) electrons. The maximum Gasteiger partial charge on any atom is 0.0627 e. The zero-order valence-electron chi connectivity index (χ0n) is 7.04. The number of aromatic nitrogens is 2. The fourth-order valence-corrected chi connectivity index (χ4v) is 1.18. The van der Waals surface area contributed by atoms with Gasteiger partial charge in [0.1, 0.15) is 0 Å². The van der Waals surface area contributed by atoms with Gasteiger partial charge in [-0.2, -0.15) is 17.7 Å². The molecular formula is C8H14N2S. The van der Waals surface area contributed by atoms with E-state index in [4.69, 9.17) is 0 Å². The summed E-state index contributed by atoms with van der Waals surface area (Å²) in [6, 6.07) is 2.13. The number of aryl methyl sites for hydroxylation is 3. The van der Waals surface area contributed by atoms with Crippen LogP contribution in [0.5, 0.6) is 0 Å². The molecule has 1 rings (SSSR count). The molecule has 0 fully saturated rings. The second-order valence-electron chi connectivity index (χ2n) is 2.73. The quantitative estimate of drug-likeness (QED) is 0.682. The summed E-state index contributed by atoms with van der Waals surface area (Å²) in [5, 5.41) is 4.33. The molecule has 0 aliphatic carbocycles. The van der Waals surface area contributed by atoms with Crippen LogP contribution in [0.4, 0.5) is 0 Å². The first-order valence-corrected chi connectivity index (χ1v) is 4.47. The van der Waals surface area contributed by atoms with Crippen LogP contribution in [-0.4, -0.2) is 15.5 Å². The van der Waals surface area contributed by atoms with E-state index < -0.39 is 0 Å². The van der Waals surface area contributed by atoms with Crippen molar-refractivity contribution in [2.24, 2.45) is 7.05 Å². The molecule has 0 spiro atoms. The van der Waals surface area contributed by atoms with E-state index >= 15 is 0 Å². The van der Waals surface area contributed by atoms with Crippen molar-refractivity contribution >= 4 is 12.6 Å². The fraction of sp³-hybridized carbons (Fsp3) is 0.625. The van der Waals surface area contributed by atoms with Gasteiger partial charge in [-0.05, 0) is 31.6 Å². The second kappa shape index (κ2) is 3.81. The van der Waals surface area contributed by atoms with Crippen LogP contribution >= 0.6 is 12.6 Å². The van der Waals surface area contributed by atoms with Crippen molar-refractivity contribution in [3.63, 3.8) is 0 Å². The van der Waals surface area contributed by atoms with Crippen LogP contribution in [0, 0.1) is 6.92 Å². The third-order valence-electron chi connectivity index (χ3n) is 1.76. The summed E-state index contributed by atoms with van der Waals surface area (Å²) in [5.74, 6) is 0.940. The van der Waals surface area contributed by atoms with E-state index in [0.717, 1.165) is 18.6 Å². The van der Waals surface area contributed by atoms with Gasteiger partial charge in [0.05, 0.1) is 5.69 Å². The van der Waals surface area contributed by atoms with E-state index in [1.165, 1.54) is 11.4 Å². The molecular weight excluding hydrogens is 156 g/mol. The van der Waals surface area contributed by atoms with Crippen molar-refractivity contribution in [2.75, 3.05) is 5.75 Å². The van der Waals surface area contributed by atoms with Crippen molar-refractivity contribution in [3.8, 4) is 0 Å². The highest BCUT2D eigenvalue weighted by molar-refractivity contribution is 7.80. The Labute approximate surface area is 73.0 Å².